The van der Waals surface area contributed by atoms with Gasteiger partial charge in [-0.2, -0.15) is 0 Å². The van der Waals surface area contributed by atoms with Crippen molar-refractivity contribution in [3.63, 3.8) is 0 Å². The Balaban J connectivity index is 1.40. The molecule has 0 saturated heterocycles. The molecule has 0 spiro atoms. The molecule has 1 aromatic heterocycles. The molecule has 0 saturated carbocycles. The first-order valence-corrected chi connectivity index (χ1v) is 13.8. The smallest absolute Gasteiger partial charge is 0.257 e. The van der Waals surface area contributed by atoms with Gasteiger partial charge in [0.05, 0.1) is 21.5 Å². The molecule has 2 N–H and O–H groups in total. The van der Waals surface area contributed by atoms with Crippen LogP contribution in [0, 0.1) is 0 Å². The van der Waals surface area contributed by atoms with Crippen molar-refractivity contribution in [3.05, 3.63) is 92.7 Å². The summed E-state index contributed by atoms with van der Waals surface area (Å²) in [6.45, 7) is 1.95. The van der Waals surface area contributed by atoms with Gasteiger partial charge in [0.1, 0.15) is 0 Å². The number of benzene rings is 3. The summed E-state index contributed by atoms with van der Waals surface area (Å²) in [7, 11) is 0. The van der Waals surface area contributed by atoms with E-state index in [1.165, 1.54) is 29.2 Å². The van der Waals surface area contributed by atoms with Crippen LogP contribution in [-0.2, 0) is 4.79 Å². The van der Waals surface area contributed by atoms with Crippen LogP contribution in [0.25, 0.3) is 11.3 Å². The molecule has 0 bridgehead atoms. The van der Waals surface area contributed by atoms with Crippen molar-refractivity contribution in [3.8, 4) is 11.3 Å². The van der Waals surface area contributed by atoms with Crippen molar-refractivity contribution in [1.29, 1.82) is 0 Å². The van der Waals surface area contributed by atoms with Crippen LogP contribution in [0.4, 0.5) is 10.8 Å². The van der Waals surface area contributed by atoms with E-state index >= 15 is 0 Å². The molecule has 36 heavy (non-hydrogen) atoms. The van der Waals surface area contributed by atoms with Crippen LogP contribution in [0.5, 0.6) is 0 Å². The van der Waals surface area contributed by atoms with Gasteiger partial charge >= 0.3 is 0 Å². The van der Waals surface area contributed by atoms with Gasteiger partial charge in [-0.25, -0.2) is 4.98 Å². The zero-order valence-electron chi connectivity index (χ0n) is 18.9. The highest BCUT2D eigenvalue weighted by atomic mass is 35.5. The maximum absolute atomic E-state index is 13.0. The fourth-order valence-electron chi connectivity index (χ4n) is 3.28. The van der Waals surface area contributed by atoms with Gasteiger partial charge in [0.15, 0.2) is 5.13 Å². The number of thiazole rings is 1. The van der Waals surface area contributed by atoms with E-state index in [-0.39, 0.29) is 22.1 Å². The highest BCUT2D eigenvalue weighted by molar-refractivity contribution is 8.00. The zero-order chi connectivity index (χ0) is 25.7. The highest BCUT2D eigenvalue weighted by Crippen LogP contribution is 2.31. The molecule has 1 unspecified atom stereocenters. The molecule has 4 aromatic rings. The summed E-state index contributed by atoms with van der Waals surface area (Å²) in [6, 6.07) is 19.4. The van der Waals surface area contributed by atoms with E-state index in [1.807, 2.05) is 42.6 Å². The lowest BCUT2D eigenvalue weighted by molar-refractivity contribution is -0.115. The molecule has 0 aliphatic carbocycles. The van der Waals surface area contributed by atoms with Crippen LogP contribution in [0.1, 0.15) is 23.7 Å². The number of carbonyl (C=O) groups excluding carboxylic acids is 2. The molecular formula is C26H20Cl3N3O2S2. The molecule has 0 radical (unpaired) electrons. The number of nitrogens with zero attached hydrogens (tertiary/aromatic N) is 1. The lowest BCUT2D eigenvalue weighted by Crippen LogP contribution is -2.24. The van der Waals surface area contributed by atoms with Crippen LogP contribution in [0.2, 0.25) is 15.1 Å². The molecule has 0 aliphatic heterocycles. The Morgan fingerprint density at radius 2 is 1.72 bits per heavy atom. The summed E-state index contributed by atoms with van der Waals surface area (Å²) in [5, 5.41) is 9.23. The number of rotatable bonds is 8. The molecule has 5 nitrogen and oxygen atoms in total. The molecule has 1 heterocycles. The zero-order valence-corrected chi connectivity index (χ0v) is 22.8. The van der Waals surface area contributed by atoms with Gasteiger partial charge in [0.25, 0.3) is 5.91 Å². The SMILES string of the molecule is CCC(Sc1cccc(NC(=O)c2ccc(Cl)cc2Cl)c1)C(=O)Nc1nc(-c2ccc(Cl)cc2)cs1. The second kappa shape index (κ2) is 12.1. The number of nitrogens with one attached hydrogen (secondary N) is 2. The number of anilines is 2. The van der Waals surface area contributed by atoms with Crippen molar-refractivity contribution in [1.82, 2.24) is 4.98 Å². The molecule has 3 aromatic carbocycles. The van der Waals surface area contributed by atoms with E-state index in [9.17, 15) is 9.59 Å². The Bertz CT molecular complexity index is 1390. The first kappa shape index (κ1) is 26.5. The monoisotopic (exact) mass is 575 g/mol. The predicted molar refractivity (Wildman–Crippen MR) is 152 cm³/mol. The van der Waals surface area contributed by atoms with E-state index in [1.54, 1.807) is 30.3 Å². The van der Waals surface area contributed by atoms with E-state index in [4.69, 9.17) is 34.8 Å². The molecule has 0 fully saturated rings. The van der Waals surface area contributed by atoms with Gasteiger partial charge < -0.3 is 10.6 Å². The summed E-state index contributed by atoms with van der Waals surface area (Å²) in [4.78, 5) is 31.0. The molecule has 0 aliphatic rings. The Kier molecular flexibility index (Phi) is 8.93. The fourth-order valence-corrected chi connectivity index (χ4v) is 5.63. The van der Waals surface area contributed by atoms with Crippen LogP contribution in [0.15, 0.2) is 77.0 Å². The van der Waals surface area contributed by atoms with Crippen LogP contribution < -0.4 is 10.6 Å². The van der Waals surface area contributed by atoms with Crippen molar-refractivity contribution >= 4 is 80.5 Å². The number of halogens is 3. The summed E-state index contributed by atoms with van der Waals surface area (Å²) < 4.78 is 0. The van der Waals surface area contributed by atoms with Crippen LogP contribution in [-0.4, -0.2) is 22.0 Å². The number of carbonyl (C=O) groups is 2. The van der Waals surface area contributed by atoms with Gasteiger partial charge in [-0.05, 0) is 55.0 Å². The lowest BCUT2D eigenvalue weighted by Gasteiger charge is -2.14. The second-order valence-electron chi connectivity index (χ2n) is 7.65. The molecule has 184 valence electrons. The Morgan fingerprint density at radius 3 is 2.44 bits per heavy atom. The van der Waals surface area contributed by atoms with Gasteiger partial charge in [-0.1, -0.05) is 59.9 Å². The Labute approximate surface area is 232 Å². The number of aromatic nitrogens is 1. The minimum absolute atomic E-state index is 0.137. The van der Waals surface area contributed by atoms with E-state index in [0.717, 1.165) is 16.2 Å². The van der Waals surface area contributed by atoms with Gasteiger partial charge in [0.2, 0.25) is 5.91 Å². The molecule has 10 heteroatoms. The number of hydrogen-bond acceptors (Lipinski definition) is 5. The van der Waals surface area contributed by atoms with Crippen molar-refractivity contribution in [2.24, 2.45) is 0 Å². The lowest BCUT2D eigenvalue weighted by atomic mass is 10.2. The normalized spacial score (nSPS) is 11.7. The topological polar surface area (TPSA) is 71.1 Å². The second-order valence-corrected chi connectivity index (χ2v) is 11.1. The molecular weight excluding hydrogens is 557 g/mol. The van der Waals surface area contributed by atoms with Crippen molar-refractivity contribution < 1.29 is 9.59 Å². The average Bonchev–Trinajstić information content (AvgIpc) is 3.31. The first-order valence-electron chi connectivity index (χ1n) is 10.9. The largest absolute Gasteiger partial charge is 0.322 e. The predicted octanol–water partition coefficient (Wildman–Crippen LogP) is 8.53. The Hall–Kier alpha value is -2.55. The Morgan fingerprint density at radius 1 is 0.972 bits per heavy atom. The van der Waals surface area contributed by atoms with Crippen molar-refractivity contribution in [2.75, 3.05) is 10.6 Å². The fraction of sp³-hybridized carbons (Fsp3) is 0.115. The van der Waals surface area contributed by atoms with Crippen LogP contribution in [0.3, 0.4) is 0 Å². The quantitative estimate of drug-likeness (QED) is 0.206. The number of amides is 2. The highest BCUT2D eigenvalue weighted by Gasteiger charge is 2.20. The number of thioether (sulfide) groups is 1. The summed E-state index contributed by atoms with van der Waals surface area (Å²) in [6.07, 6.45) is 0.614. The summed E-state index contributed by atoms with van der Waals surface area (Å²) in [5.41, 5.74) is 2.62. The third kappa shape index (κ3) is 6.81. The van der Waals surface area contributed by atoms with Gasteiger partial charge in [-0.15, -0.1) is 23.1 Å². The minimum atomic E-state index is -0.344. The first-order chi connectivity index (χ1) is 17.3. The third-order valence-electron chi connectivity index (χ3n) is 5.08. The van der Waals surface area contributed by atoms with Gasteiger partial charge in [-0.3, -0.25) is 9.59 Å². The molecule has 2 amide bonds. The average molecular weight is 577 g/mol. The summed E-state index contributed by atoms with van der Waals surface area (Å²) in [5.74, 6) is -0.481. The maximum atomic E-state index is 13.0. The third-order valence-corrected chi connectivity index (χ3v) is 8.00. The van der Waals surface area contributed by atoms with Crippen LogP contribution >= 0.6 is 57.9 Å². The maximum Gasteiger partial charge on any atom is 0.257 e. The molecule has 1 atom stereocenters. The van der Waals surface area contributed by atoms with E-state index < -0.39 is 0 Å². The number of hydrogen-bond donors (Lipinski definition) is 2. The minimum Gasteiger partial charge on any atom is -0.322 e. The summed E-state index contributed by atoms with van der Waals surface area (Å²) >= 11 is 20.8. The van der Waals surface area contributed by atoms with Crippen molar-refractivity contribution in [2.45, 2.75) is 23.5 Å². The molecule has 4 rings (SSSR count). The van der Waals surface area contributed by atoms with E-state index in [0.29, 0.717) is 32.8 Å². The van der Waals surface area contributed by atoms with Gasteiger partial charge in [0, 0.05) is 31.6 Å². The standard InChI is InChI=1S/C26H20Cl3N3O2S2/c1-2-23(25(34)32-26-31-22(14-35-26)15-6-8-16(27)9-7-15)36-19-5-3-4-18(13-19)30-24(33)20-11-10-17(28)12-21(20)29/h3-14,23H,2H2,1H3,(H,30,33)(H,31,32,34). The van der Waals surface area contributed by atoms with E-state index in [2.05, 4.69) is 15.6 Å².